The smallest absolute Gasteiger partial charge is 0.119 e. The first-order chi connectivity index (χ1) is 11.3. The number of piperidine rings is 1. The Morgan fingerprint density at radius 3 is 2.83 bits per heavy atom. The minimum Gasteiger partial charge on any atom is -0.494 e. The summed E-state index contributed by atoms with van der Waals surface area (Å²) in [7, 11) is 0. The van der Waals surface area contributed by atoms with Crippen molar-refractivity contribution in [2.45, 2.75) is 25.8 Å². The second-order valence-corrected chi connectivity index (χ2v) is 6.52. The molecule has 3 rings (SSSR count). The summed E-state index contributed by atoms with van der Waals surface area (Å²) >= 11 is 0. The molecule has 1 aliphatic heterocycles. The van der Waals surface area contributed by atoms with E-state index in [2.05, 4.69) is 4.90 Å². The molecule has 4 heteroatoms. The number of furan rings is 1. The first kappa shape index (κ1) is 16.1. The lowest BCUT2D eigenvalue weighted by molar-refractivity contribution is 0.0128. The molecule has 0 spiro atoms. The average Bonchev–Trinajstić information content (AvgIpc) is 3.09. The molecule has 1 aromatic carbocycles. The maximum Gasteiger partial charge on any atom is 0.119 e. The van der Waals surface area contributed by atoms with Gasteiger partial charge in [-0.25, -0.2) is 0 Å². The fourth-order valence-electron chi connectivity index (χ4n) is 3.40. The van der Waals surface area contributed by atoms with Crippen LogP contribution in [0.5, 0.6) is 5.75 Å². The molecule has 4 nitrogen and oxygen atoms in total. The van der Waals surface area contributed by atoms with Gasteiger partial charge >= 0.3 is 0 Å². The maximum absolute atomic E-state index is 9.98. The molecule has 0 aliphatic carbocycles. The van der Waals surface area contributed by atoms with Crippen molar-refractivity contribution in [3.05, 3.63) is 54.5 Å². The van der Waals surface area contributed by atoms with Gasteiger partial charge in [0.05, 0.1) is 25.7 Å². The second-order valence-electron chi connectivity index (χ2n) is 6.52. The highest BCUT2D eigenvalue weighted by atomic mass is 16.5. The van der Waals surface area contributed by atoms with Crippen LogP contribution in [0.3, 0.4) is 0 Å². The number of para-hydroxylation sites is 1. The first-order valence-corrected chi connectivity index (χ1v) is 8.32. The number of hydrogen-bond acceptors (Lipinski definition) is 4. The fraction of sp³-hybridized carbons (Fsp3) is 0.474. The molecule has 0 bridgehead atoms. The minimum absolute atomic E-state index is 0.0588. The Bertz CT molecular complexity index is 570. The molecule has 1 aliphatic rings. The van der Waals surface area contributed by atoms with Crippen molar-refractivity contribution in [3.63, 3.8) is 0 Å². The average molecular weight is 315 g/mol. The summed E-state index contributed by atoms with van der Waals surface area (Å²) in [4.78, 5) is 2.41. The van der Waals surface area contributed by atoms with E-state index in [9.17, 15) is 5.11 Å². The van der Waals surface area contributed by atoms with E-state index in [1.807, 2.05) is 36.4 Å². The van der Waals surface area contributed by atoms with E-state index >= 15 is 0 Å². The van der Waals surface area contributed by atoms with Crippen LogP contribution < -0.4 is 4.74 Å². The zero-order valence-electron chi connectivity index (χ0n) is 13.5. The first-order valence-electron chi connectivity index (χ1n) is 8.32. The lowest BCUT2D eigenvalue weighted by atomic mass is 9.78. The maximum atomic E-state index is 9.98. The highest BCUT2D eigenvalue weighted by Gasteiger charge is 2.34. The van der Waals surface area contributed by atoms with Gasteiger partial charge < -0.3 is 14.3 Å². The Hall–Kier alpha value is -1.78. The summed E-state index contributed by atoms with van der Waals surface area (Å²) in [6, 6.07) is 11.9. The molecular weight excluding hydrogens is 290 g/mol. The van der Waals surface area contributed by atoms with E-state index in [-0.39, 0.29) is 12.0 Å². The predicted molar refractivity (Wildman–Crippen MR) is 89.3 cm³/mol. The van der Waals surface area contributed by atoms with Crippen LogP contribution >= 0.6 is 0 Å². The number of aliphatic hydroxyl groups excluding tert-OH is 1. The molecule has 0 amide bonds. The van der Waals surface area contributed by atoms with Gasteiger partial charge in [-0.2, -0.15) is 0 Å². The van der Waals surface area contributed by atoms with E-state index in [1.165, 1.54) is 5.56 Å². The SMILES string of the molecule is OCC1(CCOc2ccccc2)CCCN(Cc2ccoc2)C1. The van der Waals surface area contributed by atoms with Crippen molar-refractivity contribution >= 4 is 0 Å². The van der Waals surface area contributed by atoms with Gasteiger partial charge in [-0.15, -0.1) is 0 Å². The van der Waals surface area contributed by atoms with Crippen LogP contribution in [0.25, 0.3) is 0 Å². The van der Waals surface area contributed by atoms with E-state index in [0.717, 1.165) is 44.6 Å². The summed E-state index contributed by atoms with van der Waals surface area (Å²) in [5.74, 6) is 0.895. The van der Waals surface area contributed by atoms with Crippen LogP contribution in [0.1, 0.15) is 24.8 Å². The van der Waals surface area contributed by atoms with Gasteiger partial charge in [0.25, 0.3) is 0 Å². The number of benzene rings is 1. The van der Waals surface area contributed by atoms with Crippen molar-refractivity contribution in [3.8, 4) is 5.75 Å². The van der Waals surface area contributed by atoms with Gasteiger partial charge in [0.1, 0.15) is 5.75 Å². The Balaban J connectivity index is 1.54. The van der Waals surface area contributed by atoms with Crippen LogP contribution in [-0.4, -0.2) is 36.3 Å². The van der Waals surface area contributed by atoms with Crippen LogP contribution in [0.4, 0.5) is 0 Å². The molecule has 1 N–H and O–H groups in total. The summed E-state index contributed by atoms with van der Waals surface area (Å²) in [6.07, 6.45) is 6.56. The number of nitrogens with zero attached hydrogens (tertiary/aromatic N) is 1. The molecule has 1 fully saturated rings. The number of hydrogen-bond donors (Lipinski definition) is 1. The Kier molecular flexibility index (Phi) is 5.36. The number of ether oxygens (including phenoxy) is 1. The van der Waals surface area contributed by atoms with E-state index in [1.54, 1.807) is 12.5 Å². The zero-order chi connectivity index (χ0) is 16.0. The highest BCUT2D eigenvalue weighted by molar-refractivity contribution is 5.20. The molecule has 2 aromatic rings. The van der Waals surface area contributed by atoms with Crippen LogP contribution in [0, 0.1) is 5.41 Å². The third-order valence-corrected chi connectivity index (χ3v) is 4.71. The van der Waals surface area contributed by atoms with Gasteiger partial charge in [-0.1, -0.05) is 18.2 Å². The summed E-state index contributed by atoms with van der Waals surface area (Å²) in [6.45, 7) is 3.73. The van der Waals surface area contributed by atoms with Crippen molar-refractivity contribution in [1.82, 2.24) is 4.90 Å². The Labute approximate surface area is 137 Å². The fourth-order valence-corrected chi connectivity index (χ4v) is 3.40. The molecule has 2 heterocycles. The van der Waals surface area contributed by atoms with E-state index < -0.39 is 0 Å². The normalized spacial score (nSPS) is 22.1. The van der Waals surface area contributed by atoms with Gasteiger partial charge in [-0.05, 0) is 44.0 Å². The van der Waals surface area contributed by atoms with Crippen molar-refractivity contribution in [2.24, 2.45) is 5.41 Å². The van der Waals surface area contributed by atoms with Crippen LogP contribution in [-0.2, 0) is 6.54 Å². The number of rotatable bonds is 7. The monoisotopic (exact) mass is 315 g/mol. The van der Waals surface area contributed by atoms with Crippen LogP contribution in [0.15, 0.2) is 53.3 Å². The molecule has 1 aromatic heterocycles. The molecule has 124 valence electrons. The summed E-state index contributed by atoms with van der Waals surface area (Å²) < 4.78 is 11.0. The largest absolute Gasteiger partial charge is 0.494 e. The van der Waals surface area contributed by atoms with Crippen molar-refractivity contribution < 1.29 is 14.3 Å². The molecular formula is C19H25NO3. The molecule has 1 saturated heterocycles. The lowest BCUT2D eigenvalue weighted by Gasteiger charge is -2.41. The summed E-state index contributed by atoms with van der Waals surface area (Å²) in [5.41, 5.74) is 1.14. The van der Waals surface area contributed by atoms with Crippen LogP contribution in [0.2, 0.25) is 0 Å². The third-order valence-electron chi connectivity index (χ3n) is 4.71. The number of likely N-dealkylation sites (tertiary alicyclic amines) is 1. The van der Waals surface area contributed by atoms with Gasteiger partial charge in [0.2, 0.25) is 0 Å². The van der Waals surface area contributed by atoms with Crippen molar-refractivity contribution in [2.75, 3.05) is 26.3 Å². The molecule has 0 saturated carbocycles. The van der Waals surface area contributed by atoms with E-state index in [4.69, 9.17) is 9.15 Å². The topological polar surface area (TPSA) is 45.8 Å². The van der Waals surface area contributed by atoms with Gasteiger partial charge in [-0.3, -0.25) is 4.90 Å². The quantitative estimate of drug-likeness (QED) is 0.851. The molecule has 23 heavy (non-hydrogen) atoms. The van der Waals surface area contributed by atoms with Crippen molar-refractivity contribution in [1.29, 1.82) is 0 Å². The van der Waals surface area contributed by atoms with E-state index in [0.29, 0.717) is 6.61 Å². The lowest BCUT2D eigenvalue weighted by Crippen LogP contribution is -2.45. The number of aliphatic hydroxyl groups is 1. The predicted octanol–water partition coefficient (Wildman–Crippen LogP) is 3.32. The Morgan fingerprint density at radius 2 is 2.09 bits per heavy atom. The Morgan fingerprint density at radius 1 is 1.22 bits per heavy atom. The van der Waals surface area contributed by atoms with Gasteiger partial charge in [0, 0.05) is 24.1 Å². The zero-order valence-corrected chi connectivity index (χ0v) is 13.5. The third kappa shape index (κ3) is 4.36. The van der Waals surface area contributed by atoms with Gasteiger partial charge in [0.15, 0.2) is 0 Å². The highest BCUT2D eigenvalue weighted by Crippen LogP contribution is 2.34. The molecule has 0 radical (unpaired) electrons. The molecule has 1 atom stereocenters. The molecule has 1 unspecified atom stereocenters. The standard InChI is InChI=1S/C19H25NO3/c21-16-19(9-12-23-18-5-2-1-3-6-18)8-4-10-20(15-19)13-17-7-11-22-14-17/h1-3,5-7,11,14,21H,4,8-10,12-13,15-16H2. The summed E-state index contributed by atoms with van der Waals surface area (Å²) in [5, 5.41) is 9.98. The minimum atomic E-state index is -0.0588. The second kappa shape index (κ2) is 7.66.